The maximum Gasteiger partial charge on any atom is 0.310 e. The molecular formula is C27H29N5O7S2. The number of nitrogens with zero attached hydrogens (tertiary/aromatic N) is 5. The zero-order valence-corrected chi connectivity index (χ0v) is 23.8. The van der Waals surface area contributed by atoms with E-state index in [2.05, 4.69) is 10.9 Å². The second kappa shape index (κ2) is 11.2. The Labute approximate surface area is 241 Å². The Bertz CT molecular complexity index is 1640. The van der Waals surface area contributed by atoms with Gasteiger partial charge in [-0.15, -0.1) is 17.8 Å². The summed E-state index contributed by atoms with van der Waals surface area (Å²) in [5.41, 5.74) is 1.27. The molecule has 3 aliphatic heterocycles. The fourth-order valence-corrected chi connectivity index (χ4v) is 8.44. The van der Waals surface area contributed by atoms with E-state index in [1.165, 1.54) is 9.21 Å². The minimum absolute atomic E-state index is 0.0466. The summed E-state index contributed by atoms with van der Waals surface area (Å²) in [4.78, 5) is 34.4. The molecule has 0 radical (unpaired) electrons. The Hall–Kier alpha value is -3.32. The minimum Gasteiger partial charge on any atom is -0.436 e. The quantitative estimate of drug-likeness (QED) is 0.432. The summed E-state index contributed by atoms with van der Waals surface area (Å²) in [6.45, 7) is 2.28. The molecule has 3 aromatic rings. The van der Waals surface area contributed by atoms with Gasteiger partial charge < -0.3 is 24.2 Å². The number of aromatic nitrogens is 1. The van der Waals surface area contributed by atoms with Crippen LogP contribution >= 0.6 is 11.3 Å². The zero-order chi connectivity index (χ0) is 28.7. The predicted molar refractivity (Wildman–Crippen MR) is 148 cm³/mol. The summed E-state index contributed by atoms with van der Waals surface area (Å²) in [5.74, 6) is 2.17. The molecule has 1 unspecified atom stereocenters. The van der Waals surface area contributed by atoms with Gasteiger partial charge in [-0.05, 0) is 23.6 Å². The number of benzene rings is 1. The van der Waals surface area contributed by atoms with E-state index in [0.717, 1.165) is 26.5 Å². The number of fused-ring (bicyclic) bond motifs is 2. The van der Waals surface area contributed by atoms with E-state index in [-0.39, 0.29) is 48.6 Å². The molecule has 14 heteroatoms. The molecule has 1 aromatic carbocycles. The molecular weight excluding hydrogens is 570 g/mol. The minimum atomic E-state index is -3.91. The highest BCUT2D eigenvalue weighted by atomic mass is 32.2. The van der Waals surface area contributed by atoms with Gasteiger partial charge in [-0.1, -0.05) is 12.0 Å². The Balaban J connectivity index is 1.27. The highest BCUT2D eigenvalue weighted by Crippen LogP contribution is 2.33. The van der Waals surface area contributed by atoms with Crippen molar-refractivity contribution < 1.29 is 32.4 Å². The number of morpholine rings is 1. The summed E-state index contributed by atoms with van der Waals surface area (Å²) in [7, 11) is -3.91. The summed E-state index contributed by atoms with van der Waals surface area (Å²) in [5, 5.41) is 11.7. The SMILES string of the molecule is C#Cc1ccc2cc(S(=O)(=O)N3CCN(C(=O)c4nc5c(o4)CN(O)CC5)C(CC(=O)N4CCOCC4)C3)sc2c1. The van der Waals surface area contributed by atoms with Gasteiger partial charge in [0.1, 0.15) is 9.97 Å². The normalized spacial score (nSPS) is 20.6. The fraction of sp³-hybridized carbons (Fsp3) is 0.444. The number of piperazine rings is 1. The van der Waals surface area contributed by atoms with Crippen molar-refractivity contribution in [1.29, 1.82) is 0 Å². The number of ether oxygens (including phenoxy) is 1. The Morgan fingerprint density at radius 1 is 1.15 bits per heavy atom. The van der Waals surface area contributed by atoms with Crippen LogP contribution < -0.4 is 0 Å². The third-order valence-electron chi connectivity index (χ3n) is 7.63. The van der Waals surface area contributed by atoms with E-state index in [4.69, 9.17) is 15.6 Å². The zero-order valence-electron chi connectivity index (χ0n) is 22.2. The molecule has 0 spiro atoms. The first-order valence-corrected chi connectivity index (χ1v) is 15.6. The monoisotopic (exact) mass is 599 g/mol. The van der Waals surface area contributed by atoms with Crippen LogP contribution in [0.2, 0.25) is 0 Å². The molecule has 6 rings (SSSR count). The molecule has 2 aromatic heterocycles. The smallest absolute Gasteiger partial charge is 0.310 e. The molecule has 2 fully saturated rings. The van der Waals surface area contributed by atoms with Crippen molar-refractivity contribution in [2.75, 3.05) is 52.5 Å². The molecule has 1 N–H and O–H groups in total. The van der Waals surface area contributed by atoms with Gasteiger partial charge >= 0.3 is 5.91 Å². The van der Waals surface area contributed by atoms with E-state index < -0.39 is 22.0 Å². The maximum atomic E-state index is 13.8. The van der Waals surface area contributed by atoms with E-state index in [1.807, 2.05) is 0 Å². The van der Waals surface area contributed by atoms with Gasteiger partial charge in [0.05, 0.1) is 31.5 Å². The number of amides is 2. The van der Waals surface area contributed by atoms with Crippen molar-refractivity contribution >= 4 is 43.3 Å². The van der Waals surface area contributed by atoms with Crippen LogP contribution in [0, 0.1) is 12.3 Å². The van der Waals surface area contributed by atoms with E-state index >= 15 is 0 Å². The molecule has 12 nitrogen and oxygen atoms in total. The first kappa shape index (κ1) is 27.8. The third-order valence-corrected chi connectivity index (χ3v) is 11.0. The lowest BCUT2D eigenvalue weighted by atomic mass is 10.1. The van der Waals surface area contributed by atoms with Crippen molar-refractivity contribution in [3.63, 3.8) is 0 Å². The third kappa shape index (κ3) is 5.49. The van der Waals surface area contributed by atoms with Crippen LogP contribution in [-0.2, 0) is 32.5 Å². The number of hydrogen-bond acceptors (Lipinski definition) is 10. The van der Waals surface area contributed by atoms with Gasteiger partial charge in [-0.2, -0.15) is 9.37 Å². The second-order valence-electron chi connectivity index (χ2n) is 10.2. The molecule has 41 heavy (non-hydrogen) atoms. The highest BCUT2D eigenvalue weighted by Gasteiger charge is 2.40. The molecule has 2 saturated heterocycles. The number of carbonyl (C=O) groups excluding carboxylic acids is 2. The second-order valence-corrected chi connectivity index (χ2v) is 13.5. The van der Waals surface area contributed by atoms with Crippen LogP contribution in [-0.4, -0.2) is 108 Å². The maximum absolute atomic E-state index is 13.8. The Morgan fingerprint density at radius 2 is 1.95 bits per heavy atom. The van der Waals surface area contributed by atoms with Crippen LogP contribution in [0.4, 0.5) is 0 Å². The van der Waals surface area contributed by atoms with Crippen LogP contribution in [0.3, 0.4) is 0 Å². The molecule has 2 amide bonds. The topological polar surface area (TPSA) is 137 Å². The largest absolute Gasteiger partial charge is 0.436 e. The number of hydrogen-bond donors (Lipinski definition) is 1. The van der Waals surface area contributed by atoms with Crippen LogP contribution in [0.5, 0.6) is 0 Å². The van der Waals surface area contributed by atoms with Gasteiger partial charge in [-0.3, -0.25) is 9.59 Å². The van der Waals surface area contributed by atoms with Gasteiger partial charge in [-0.25, -0.2) is 13.4 Å². The summed E-state index contributed by atoms with van der Waals surface area (Å²) in [6, 6.07) is 6.24. The number of oxazole rings is 1. The van der Waals surface area contributed by atoms with Crippen LogP contribution in [0.15, 0.2) is 32.9 Å². The summed E-state index contributed by atoms with van der Waals surface area (Å²) < 4.78 is 40.9. The summed E-state index contributed by atoms with van der Waals surface area (Å²) >= 11 is 1.14. The van der Waals surface area contributed by atoms with Gasteiger partial charge in [0.15, 0.2) is 0 Å². The fourth-order valence-electron chi connectivity index (χ4n) is 5.38. The van der Waals surface area contributed by atoms with Crippen LogP contribution in [0.1, 0.15) is 34.1 Å². The van der Waals surface area contributed by atoms with Gasteiger partial charge in [0, 0.05) is 62.4 Å². The van der Waals surface area contributed by atoms with Crippen molar-refractivity contribution in [3.8, 4) is 12.3 Å². The number of rotatable bonds is 5. The molecule has 0 aliphatic carbocycles. The van der Waals surface area contributed by atoms with Gasteiger partial charge in [0.25, 0.3) is 15.9 Å². The Morgan fingerprint density at radius 3 is 2.73 bits per heavy atom. The van der Waals surface area contributed by atoms with Gasteiger partial charge in [0.2, 0.25) is 5.91 Å². The standard InChI is InChI=1S/C27H29N5O7S2/c1-2-18-3-4-19-14-25(40-23(19)13-18)41(36,37)31-7-8-32(20(16-31)15-24(33)29-9-11-38-12-10-29)27(34)26-28-21-5-6-30(35)17-22(21)39-26/h1,3-4,13-14,20,35H,5-12,15-17H2. The van der Waals surface area contributed by atoms with E-state index in [9.17, 15) is 23.2 Å². The lowest BCUT2D eigenvalue weighted by molar-refractivity contribution is -0.136. The number of thiophene rings is 1. The number of hydroxylamine groups is 2. The molecule has 5 heterocycles. The van der Waals surface area contributed by atoms with Crippen molar-refractivity contribution in [3.05, 3.63) is 47.2 Å². The van der Waals surface area contributed by atoms with Crippen molar-refractivity contribution in [2.24, 2.45) is 0 Å². The lowest BCUT2D eigenvalue weighted by Gasteiger charge is -2.40. The average Bonchev–Trinajstić information content (AvgIpc) is 3.61. The van der Waals surface area contributed by atoms with E-state index in [1.54, 1.807) is 29.2 Å². The number of terminal acetylenes is 1. The first-order valence-electron chi connectivity index (χ1n) is 13.3. The molecule has 0 bridgehead atoms. The van der Waals surface area contributed by atoms with Crippen molar-refractivity contribution in [2.45, 2.75) is 29.6 Å². The molecule has 1 atom stereocenters. The van der Waals surface area contributed by atoms with Crippen LogP contribution in [0.25, 0.3) is 10.1 Å². The highest BCUT2D eigenvalue weighted by molar-refractivity contribution is 7.91. The Kier molecular flexibility index (Phi) is 7.58. The number of sulfonamides is 1. The summed E-state index contributed by atoms with van der Waals surface area (Å²) in [6.07, 6.45) is 5.89. The van der Waals surface area contributed by atoms with E-state index in [0.29, 0.717) is 56.3 Å². The molecule has 216 valence electrons. The average molecular weight is 600 g/mol. The lowest BCUT2D eigenvalue weighted by Crippen LogP contribution is -2.58. The molecule has 3 aliphatic rings. The molecule has 0 saturated carbocycles. The predicted octanol–water partition coefficient (Wildman–Crippen LogP) is 1.38. The first-order chi connectivity index (χ1) is 19.7. The van der Waals surface area contributed by atoms with Crippen molar-refractivity contribution in [1.82, 2.24) is 24.2 Å². The number of carbonyl (C=O) groups is 2.